The molecule has 0 fully saturated rings. The number of fused-ring (bicyclic) bond motifs is 6. The number of aromatic amines is 2. The van der Waals surface area contributed by atoms with Crippen molar-refractivity contribution in [1.82, 2.24) is 20.6 Å². The molecular formula is C24H28N4O4S2. The molecule has 4 N–H and O–H groups in total. The SMILES string of the molecule is CS(=O)(=O)c1ccc2c3c([nH]c2c1)CCNC3.CS(=O)(=O)c1cccc2[nH]c3c(c12)CNCC3. The molecule has 6 rings (SSSR count). The van der Waals surface area contributed by atoms with Gasteiger partial charge in [0, 0.05) is 84.7 Å². The Balaban J connectivity index is 0.000000142. The van der Waals surface area contributed by atoms with Crippen LogP contribution in [0.15, 0.2) is 46.2 Å². The Hall–Kier alpha value is -2.66. The van der Waals surface area contributed by atoms with Crippen LogP contribution >= 0.6 is 0 Å². The van der Waals surface area contributed by atoms with Crippen molar-refractivity contribution in [1.29, 1.82) is 0 Å². The monoisotopic (exact) mass is 500 g/mol. The van der Waals surface area contributed by atoms with Crippen molar-refractivity contribution in [2.75, 3.05) is 25.6 Å². The number of aromatic nitrogens is 2. The minimum absolute atomic E-state index is 0.372. The number of H-pyrrole nitrogens is 2. The zero-order chi connectivity index (χ0) is 24.1. The van der Waals surface area contributed by atoms with E-state index in [1.165, 1.54) is 23.8 Å². The molecule has 0 atom stereocenters. The van der Waals surface area contributed by atoms with Gasteiger partial charge < -0.3 is 20.6 Å². The molecule has 0 spiro atoms. The molecule has 8 nitrogen and oxygen atoms in total. The number of nitrogens with one attached hydrogen (secondary N) is 4. The van der Waals surface area contributed by atoms with E-state index in [9.17, 15) is 16.8 Å². The van der Waals surface area contributed by atoms with E-state index in [1.54, 1.807) is 24.3 Å². The minimum Gasteiger partial charge on any atom is -0.358 e. The van der Waals surface area contributed by atoms with Crippen LogP contribution in [0.3, 0.4) is 0 Å². The molecule has 0 saturated heterocycles. The summed E-state index contributed by atoms with van der Waals surface area (Å²) in [5.41, 5.74) is 6.60. The van der Waals surface area contributed by atoms with Crippen molar-refractivity contribution < 1.29 is 16.8 Å². The molecule has 4 aromatic rings. The Bertz CT molecular complexity index is 1610. The molecule has 2 aromatic carbocycles. The highest BCUT2D eigenvalue weighted by atomic mass is 32.2. The maximum absolute atomic E-state index is 11.8. The van der Waals surface area contributed by atoms with E-state index >= 15 is 0 Å². The van der Waals surface area contributed by atoms with E-state index < -0.39 is 19.7 Å². The van der Waals surface area contributed by atoms with Crippen molar-refractivity contribution in [2.45, 2.75) is 35.7 Å². The van der Waals surface area contributed by atoms with Gasteiger partial charge in [0.1, 0.15) is 0 Å². The first-order chi connectivity index (χ1) is 16.1. The van der Waals surface area contributed by atoms with Gasteiger partial charge >= 0.3 is 0 Å². The highest BCUT2D eigenvalue weighted by molar-refractivity contribution is 7.91. The third kappa shape index (κ3) is 4.26. The van der Waals surface area contributed by atoms with Gasteiger partial charge in [0.25, 0.3) is 0 Å². The highest BCUT2D eigenvalue weighted by Crippen LogP contribution is 2.30. The third-order valence-corrected chi connectivity index (χ3v) is 8.73. The predicted octanol–water partition coefficient (Wildman–Crippen LogP) is 2.43. The van der Waals surface area contributed by atoms with Crippen molar-refractivity contribution >= 4 is 41.5 Å². The van der Waals surface area contributed by atoms with E-state index in [2.05, 4.69) is 20.6 Å². The summed E-state index contributed by atoms with van der Waals surface area (Å²) in [6.45, 7) is 3.50. The number of hydrogen-bond acceptors (Lipinski definition) is 6. The lowest BCUT2D eigenvalue weighted by Crippen LogP contribution is -2.23. The fourth-order valence-corrected chi connectivity index (χ4v) is 6.42. The average molecular weight is 501 g/mol. The summed E-state index contributed by atoms with van der Waals surface area (Å²) >= 11 is 0. The minimum atomic E-state index is -3.18. The van der Waals surface area contributed by atoms with Crippen LogP contribution < -0.4 is 10.6 Å². The highest BCUT2D eigenvalue weighted by Gasteiger charge is 2.21. The molecule has 180 valence electrons. The van der Waals surface area contributed by atoms with Gasteiger partial charge in [0.05, 0.1) is 9.79 Å². The van der Waals surface area contributed by atoms with Gasteiger partial charge in [-0.15, -0.1) is 0 Å². The lowest BCUT2D eigenvalue weighted by Gasteiger charge is -2.13. The van der Waals surface area contributed by atoms with Gasteiger partial charge in [-0.05, 0) is 35.4 Å². The number of benzene rings is 2. The van der Waals surface area contributed by atoms with Gasteiger partial charge in [-0.25, -0.2) is 16.8 Å². The largest absolute Gasteiger partial charge is 0.358 e. The van der Waals surface area contributed by atoms with Gasteiger partial charge in [-0.1, -0.05) is 12.1 Å². The molecule has 0 saturated carbocycles. The Morgan fingerprint density at radius 3 is 2.06 bits per heavy atom. The first-order valence-corrected chi connectivity index (χ1v) is 15.0. The molecule has 10 heteroatoms. The normalized spacial score (nSPS) is 16.1. The molecule has 0 radical (unpaired) electrons. The molecular weight excluding hydrogens is 472 g/mol. The zero-order valence-corrected chi connectivity index (χ0v) is 20.8. The first-order valence-electron chi connectivity index (χ1n) is 11.2. The van der Waals surface area contributed by atoms with Crippen LogP contribution in [0.1, 0.15) is 22.5 Å². The number of rotatable bonds is 2. The second-order valence-electron chi connectivity index (χ2n) is 8.95. The molecule has 2 aliphatic rings. The van der Waals surface area contributed by atoms with Gasteiger partial charge in [-0.2, -0.15) is 0 Å². The molecule has 34 heavy (non-hydrogen) atoms. The average Bonchev–Trinajstić information content (AvgIpc) is 3.36. The molecule has 0 unspecified atom stereocenters. The predicted molar refractivity (Wildman–Crippen MR) is 134 cm³/mol. The first kappa shape index (κ1) is 23.1. The van der Waals surface area contributed by atoms with Crippen molar-refractivity contribution in [3.05, 3.63) is 58.9 Å². The molecule has 2 aromatic heterocycles. The van der Waals surface area contributed by atoms with E-state index in [1.807, 2.05) is 12.1 Å². The molecule has 0 amide bonds. The molecule has 2 aliphatic heterocycles. The summed E-state index contributed by atoms with van der Waals surface area (Å²) in [5.74, 6) is 0. The maximum Gasteiger partial charge on any atom is 0.176 e. The number of hydrogen-bond donors (Lipinski definition) is 4. The fraction of sp³-hybridized carbons (Fsp3) is 0.333. The van der Waals surface area contributed by atoms with Crippen molar-refractivity contribution in [3.63, 3.8) is 0 Å². The van der Waals surface area contributed by atoms with Crippen LogP contribution in [0.25, 0.3) is 21.8 Å². The number of sulfone groups is 2. The zero-order valence-electron chi connectivity index (χ0n) is 19.2. The summed E-state index contributed by atoms with van der Waals surface area (Å²) in [5, 5.41) is 8.59. The fourth-order valence-electron chi connectivity index (χ4n) is 4.84. The topological polar surface area (TPSA) is 124 Å². The van der Waals surface area contributed by atoms with Crippen molar-refractivity contribution in [2.24, 2.45) is 0 Å². The van der Waals surface area contributed by atoms with E-state index in [-0.39, 0.29) is 0 Å². The summed E-state index contributed by atoms with van der Waals surface area (Å²) < 4.78 is 46.6. The van der Waals surface area contributed by atoms with Gasteiger partial charge in [0.2, 0.25) is 0 Å². The van der Waals surface area contributed by atoms with Crippen LogP contribution in [0.4, 0.5) is 0 Å². The molecule has 0 aliphatic carbocycles. The van der Waals surface area contributed by atoms with Gasteiger partial charge in [0.15, 0.2) is 19.7 Å². The summed E-state index contributed by atoms with van der Waals surface area (Å²) in [4.78, 5) is 7.45. The van der Waals surface area contributed by atoms with Crippen LogP contribution in [-0.2, 0) is 45.6 Å². The lowest BCUT2D eigenvalue weighted by molar-refractivity contribution is 0.600. The van der Waals surface area contributed by atoms with E-state index in [0.717, 1.165) is 72.1 Å². The summed E-state index contributed by atoms with van der Waals surface area (Å²) in [7, 11) is -6.31. The third-order valence-electron chi connectivity index (χ3n) is 6.48. The van der Waals surface area contributed by atoms with Crippen LogP contribution in [0, 0.1) is 0 Å². The van der Waals surface area contributed by atoms with Crippen molar-refractivity contribution in [3.8, 4) is 0 Å². The Morgan fingerprint density at radius 1 is 0.735 bits per heavy atom. The quantitative estimate of drug-likeness (QED) is 0.335. The smallest absolute Gasteiger partial charge is 0.176 e. The lowest BCUT2D eigenvalue weighted by atomic mass is 10.1. The Kier molecular flexibility index (Phi) is 5.79. The Morgan fingerprint density at radius 2 is 1.38 bits per heavy atom. The Labute approximate surface area is 199 Å². The maximum atomic E-state index is 11.8. The van der Waals surface area contributed by atoms with Crippen LogP contribution in [-0.4, -0.2) is 52.4 Å². The second-order valence-corrected chi connectivity index (χ2v) is 12.9. The molecule has 4 heterocycles. The molecule has 0 bridgehead atoms. The standard InChI is InChI=1S/2C12H14N2O2S/c1-17(15,16)8-2-3-9-10-7-13-5-4-11(10)14-12(9)6-8;1-17(15,16)11-4-2-3-10-12(11)8-7-13-6-5-9(8)14-10/h2-3,6,13-14H,4-5,7H2,1H3;2-4,13-14H,5-7H2,1H3. The second kappa shape index (κ2) is 8.53. The van der Waals surface area contributed by atoms with Crippen LogP contribution in [0.2, 0.25) is 0 Å². The van der Waals surface area contributed by atoms with Crippen LogP contribution in [0.5, 0.6) is 0 Å². The summed E-state index contributed by atoms with van der Waals surface area (Å²) in [6.07, 6.45) is 4.39. The van der Waals surface area contributed by atoms with E-state index in [0.29, 0.717) is 9.79 Å². The van der Waals surface area contributed by atoms with E-state index in [4.69, 9.17) is 0 Å². The van der Waals surface area contributed by atoms with Gasteiger partial charge in [-0.3, -0.25) is 0 Å². The summed E-state index contributed by atoms with van der Waals surface area (Å²) in [6, 6.07) is 10.7.